The molecule has 0 unspecified atom stereocenters. The Hall–Kier alpha value is -2.92. The van der Waals surface area contributed by atoms with Crippen molar-refractivity contribution >= 4 is 46.0 Å². The van der Waals surface area contributed by atoms with E-state index in [-0.39, 0.29) is 23.4 Å². The van der Waals surface area contributed by atoms with Crippen LogP contribution in [0.4, 0.5) is 18.9 Å². The van der Waals surface area contributed by atoms with Gasteiger partial charge in [-0.2, -0.15) is 13.2 Å². The lowest BCUT2D eigenvalue weighted by Gasteiger charge is -2.29. The summed E-state index contributed by atoms with van der Waals surface area (Å²) in [6.07, 6.45) is 1.89. The van der Waals surface area contributed by atoms with Crippen LogP contribution in [0.15, 0.2) is 47.4 Å². The number of hydrogen-bond donors (Lipinski definition) is 0. The summed E-state index contributed by atoms with van der Waals surface area (Å²) in [6.45, 7) is 0. The highest BCUT2D eigenvalue weighted by molar-refractivity contribution is 8.26. The zero-order chi connectivity index (χ0) is 24.5. The van der Waals surface area contributed by atoms with Gasteiger partial charge < -0.3 is 4.74 Å². The van der Waals surface area contributed by atoms with Crippen LogP contribution in [0.5, 0.6) is 11.5 Å². The van der Waals surface area contributed by atoms with Gasteiger partial charge in [-0.05, 0) is 37.1 Å². The molecule has 34 heavy (non-hydrogen) atoms. The van der Waals surface area contributed by atoms with Crippen molar-refractivity contribution in [2.24, 2.45) is 0 Å². The Morgan fingerprint density at radius 1 is 1.12 bits per heavy atom. The lowest BCUT2D eigenvalue weighted by Crippen LogP contribution is -2.39. The van der Waals surface area contributed by atoms with E-state index in [2.05, 4.69) is 0 Å². The number of alkyl halides is 3. The fourth-order valence-electron chi connectivity index (χ4n) is 4.01. The van der Waals surface area contributed by atoms with Gasteiger partial charge in [-0.25, -0.2) is 0 Å². The smallest absolute Gasteiger partial charge is 0.416 e. The SMILES string of the molecule is O=C1/C(=C/c2ccccc2Oc2ccc(C(F)(F)F)cc2[N+](=O)[O-])SC(=S)N1C1CCCCC1. The van der Waals surface area contributed by atoms with Crippen LogP contribution in [0.2, 0.25) is 0 Å². The first-order chi connectivity index (χ1) is 16.1. The summed E-state index contributed by atoms with van der Waals surface area (Å²) in [5.41, 5.74) is -1.51. The van der Waals surface area contributed by atoms with Gasteiger partial charge in [0.05, 0.1) is 15.4 Å². The second kappa shape index (κ2) is 9.75. The third-order valence-electron chi connectivity index (χ3n) is 5.67. The Morgan fingerprint density at radius 2 is 1.82 bits per heavy atom. The number of thioether (sulfide) groups is 1. The molecule has 0 atom stereocenters. The van der Waals surface area contributed by atoms with E-state index in [9.17, 15) is 28.1 Å². The molecule has 11 heteroatoms. The first-order valence-electron chi connectivity index (χ1n) is 10.5. The van der Waals surface area contributed by atoms with E-state index < -0.39 is 22.4 Å². The molecule has 0 spiro atoms. The highest BCUT2D eigenvalue weighted by Crippen LogP contribution is 2.41. The monoisotopic (exact) mass is 508 g/mol. The van der Waals surface area contributed by atoms with E-state index in [4.69, 9.17) is 17.0 Å². The average molecular weight is 509 g/mol. The number of nitrogens with zero attached hydrogens (tertiary/aromatic N) is 2. The highest BCUT2D eigenvalue weighted by Gasteiger charge is 2.38. The topological polar surface area (TPSA) is 72.7 Å². The highest BCUT2D eigenvalue weighted by atomic mass is 32.2. The van der Waals surface area contributed by atoms with Gasteiger partial charge in [-0.1, -0.05) is 61.4 Å². The summed E-state index contributed by atoms with van der Waals surface area (Å²) in [6, 6.07) is 8.65. The second-order valence-corrected chi connectivity index (χ2v) is 9.60. The number of benzene rings is 2. The molecule has 0 aromatic heterocycles. The molecule has 2 fully saturated rings. The number of para-hydroxylation sites is 1. The van der Waals surface area contributed by atoms with Crippen LogP contribution in [0.1, 0.15) is 43.2 Å². The molecule has 4 rings (SSSR count). The van der Waals surface area contributed by atoms with Gasteiger partial charge in [0.15, 0.2) is 0 Å². The van der Waals surface area contributed by atoms with Gasteiger partial charge in [0.2, 0.25) is 5.75 Å². The number of nitro benzene ring substituents is 1. The van der Waals surface area contributed by atoms with Crippen LogP contribution in [0.3, 0.4) is 0 Å². The van der Waals surface area contributed by atoms with Crippen LogP contribution in [-0.4, -0.2) is 26.1 Å². The minimum atomic E-state index is -4.73. The van der Waals surface area contributed by atoms with Gasteiger partial charge >= 0.3 is 11.9 Å². The third kappa shape index (κ3) is 5.10. The number of carbonyl (C=O) groups excluding carboxylic acids is 1. The average Bonchev–Trinajstić information content (AvgIpc) is 3.07. The molecule has 1 amide bonds. The van der Waals surface area contributed by atoms with Gasteiger partial charge in [-0.3, -0.25) is 19.8 Å². The van der Waals surface area contributed by atoms with E-state index in [1.54, 1.807) is 29.2 Å². The summed E-state index contributed by atoms with van der Waals surface area (Å²) < 4.78 is 45.1. The zero-order valence-corrected chi connectivity index (χ0v) is 19.3. The largest absolute Gasteiger partial charge is 0.449 e. The molecule has 2 aromatic carbocycles. The lowest BCUT2D eigenvalue weighted by molar-refractivity contribution is -0.385. The number of carbonyl (C=O) groups is 1. The molecule has 0 bridgehead atoms. The molecule has 1 aliphatic carbocycles. The normalized spacial score (nSPS) is 18.6. The van der Waals surface area contributed by atoms with Crippen molar-refractivity contribution in [1.29, 1.82) is 0 Å². The molecule has 1 saturated carbocycles. The van der Waals surface area contributed by atoms with Crippen LogP contribution in [0, 0.1) is 10.1 Å². The fraction of sp³-hybridized carbons (Fsp3) is 0.304. The van der Waals surface area contributed by atoms with Crippen molar-refractivity contribution in [3.8, 4) is 11.5 Å². The maximum absolute atomic E-state index is 13.1. The number of rotatable bonds is 5. The third-order valence-corrected chi connectivity index (χ3v) is 7.00. The summed E-state index contributed by atoms with van der Waals surface area (Å²) in [5, 5.41) is 11.4. The Morgan fingerprint density at radius 3 is 2.50 bits per heavy atom. The van der Waals surface area contributed by atoms with Crippen molar-refractivity contribution in [2.45, 2.75) is 44.3 Å². The molecule has 2 aromatic rings. The quantitative estimate of drug-likeness (QED) is 0.189. The molecule has 0 N–H and O–H groups in total. The van der Waals surface area contributed by atoms with Crippen LogP contribution in [-0.2, 0) is 11.0 Å². The molecular weight excluding hydrogens is 489 g/mol. The Bertz CT molecular complexity index is 1180. The van der Waals surface area contributed by atoms with Crippen LogP contribution in [0.25, 0.3) is 6.08 Å². The first-order valence-corrected chi connectivity index (χ1v) is 11.8. The van der Waals surface area contributed by atoms with Crippen molar-refractivity contribution in [2.75, 3.05) is 0 Å². The summed E-state index contributed by atoms with van der Waals surface area (Å²) >= 11 is 6.62. The van der Waals surface area contributed by atoms with E-state index in [0.717, 1.165) is 44.2 Å². The molecule has 6 nitrogen and oxygen atoms in total. The van der Waals surface area contributed by atoms with Crippen molar-refractivity contribution in [3.05, 3.63) is 68.6 Å². The minimum Gasteiger partial charge on any atom is -0.449 e. The van der Waals surface area contributed by atoms with E-state index in [1.807, 2.05) is 0 Å². The van der Waals surface area contributed by atoms with E-state index >= 15 is 0 Å². The number of thiocarbonyl (C=S) groups is 1. The molecule has 0 radical (unpaired) electrons. The lowest BCUT2D eigenvalue weighted by atomic mass is 9.94. The molecule has 1 aliphatic heterocycles. The molecule has 1 heterocycles. The molecule has 178 valence electrons. The number of nitro groups is 1. The number of hydrogen-bond acceptors (Lipinski definition) is 6. The van der Waals surface area contributed by atoms with Crippen LogP contribution >= 0.6 is 24.0 Å². The standard InChI is InChI=1S/C23H19F3N2O4S2/c24-23(25,26)15-10-11-19(17(13-15)28(30)31)32-18-9-5-4-6-14(18)12-20-21(29)27(22(33)34-20)16-7-2-1-3-8-16/h4-6,9-13,16H,1-3,7-8H2/b20-12-. The van der Waals surface area contributed by atoms with Crippen molar-refractivity contribution in [3.63, 3.8) is 0 Å². The van der Waals surface area contributed by atoms with Crippen molar-refractivity contribution in [1.82, 2.24) is 4.90 Å². The number of ether oxygens (including phenoxy) is 1. The number of amides is 1. The van der Waals surface area contributed by atoms with Crippen LogP contribution < -0.4 is 4.74 Å². The second-order valence-electron chi connectivity index (χ2n) is 7.92. The zero-order valence-electron chi connectivity index (χ0n) is 17.7. The maximum atomic E-state index is 13.1. The molecular formula is C23H19F3N2O4S2. The predicted molar refractivity (Wildman–Crippen MR) is 126 cm³/mol. The fourth-order valence-corrected chi connectivity index (χ4v) is 5.40. The molecule has 1 saturated heterocycles. The predicted octanol–water partition coefficient (Wildman–Crippen LogP) is 6.94. The van der Waals surface area contributed by atoms with Gasteiger partial charge in [0.1, 0.15) is 10.1 Å². The van der Waals surface area contributed by atoms with E-state index in [0.29, 0.717) is 20.9 Å². The Labute approximate surface area is 202 Å². The minimum absolute atomic E-state index is 0.0773. The summed E-state index contributed by atoms with van der Waals surface area (Å²) in [4.78, 5) is 25.6. The van der Waals surface area contributed by atoms with Gasteiger partial charge in [0, 0.05) is 17.7 Å². The Balaban J connectivity index is 1.63. The van der Waals surface area contributed by atoms with Gasteiger partial charge in [-0.15, -0.1) is 0 Å². The summed E-state index contributed by atoms with van der Waals surface area (Å²) in [7, 11) is 0. The molecule has 2 aliphatic rings. The summed E-state index contributed by atoms with van der Waals surface area (Å²) in [5.74, 6) is -0.376. The van der Waals surface area contributed by atoms with Gasteiger partial charge in [0.25, 0.3) is 5.91 Å². The number of halogens is 3. The van der Waals surface area contributed by atoms with E-state index in [1.165, 1.54) is 17.8 Å². The first kappa shape index (κ1) is 24.2. The van der Waals surface area contributed by atoms with Crippen molar-refractivity contribution < 1.29 is 27.6 Å². The Kier molecular flexibility index (Phi) is 6.94. The maximum Gasteiger partial charge on any atom is 0.416 e.